The second kappa shape index (κ2) is 6.62. The van der Waals surface area contributed by atoms with E-state index in [0.29, 0.717) is 12.1 Å². The molecule has 1 atom stereocenters. The molecular weight excluding hydrogens is 256 g/mol. The Hall–Kier alpha value is -1.74. The van der Waals surface area contributed by atoms with Crippen molar-refractivity contribution in [2.45, 2.75) is 32.9 Å². The predicted molar refractivity (Wildman–Crippen MR) is 77.5 cm³/mol. The van der Waals surface area contributed by atoms with E-state index in [1.807, 2.05) is 19.1 Å². The van der Waals surface area contributed by atoms with Crippen LogP contribution in [0.5, 0.6) is 0 Å². The van der Waals surface area contributed by atoms with Crippen LogP contribution in [0, 0.1) is 18.6 Å². The van der Waals surface area contributed by atoms with Crippen LogP contribution in [-0.4, -0.2) is 6.04 Å². The van der Waals surface area contributed by atoms with Crippen LogP contribution in [0.15, 0.2) is 42.5 Å². The average molecular weight is 275 g/mol. The Morgan fingerprint density at radius 2 is 1.70 bits per heavy atom. The lowest BCUT2D eigenvalue weighted by Crippen LogP contribution is -2.28. The summed E-state index contributed by atoms with van der Waals surface area (Å²) < 4.78 is 26.6. The summed E-state index contributed by atoms with van der Waals surface area (Å²) in [7, 11) is 0. The molecule has 0 aliphatic carbocycles. The maximum atomic E-state index is 13.5. The zero-order chi connectivity index (χ0) is 14.5. The number of benzene rings is 2. The first kappa shape index (κ1) is 14.7. The summed E-state index contributed by atoms with van der Waals surface area (Å²) >= 11 is 0. The maximum absolute atomic E-state index is 13.5. The number of aryl methyl sites for hydroxylation is 1. The van der Waals surface area contributed by atoms with Crippen molar-refractivity contribution < 1.29 is 8.78 Å². The van der Waals surface area contributed by atoms with Gasteiger partial charge in [0.15, 0.2) is 11.6 Å². The highest BCUT2D eigenvalue weighted by Crippen LogP contribution is 2.13. The van der Waals surface area contributed by atoms with Gasteiger partial charge in [0.05, 0.1) is 0 Å². The van der Waals surface area contributed by atoms with Gasteiger partial charge in [-0.15, -0.1) is 0 Å². The normalized spacial score (nSPS) is 12.4. The minimum Gasteiger partial charge on any atom is -0.310 e. The van der Waals surface area contributed by atoms with Gasteiger partial charge in [-0.05, 0) is 37.5 Å². The number of halogens is 2. The average Bonchev–Trinajstić information content (AvgIpc) is 2.43. The summed E-state index contributed by atoms with van der Waals surface area (Å²) in [5.41, 5.74) is 2.88. The maximum Gasteiger partial charge on any atom is 0.163 e. The first-order chi connectivity index (χ1) is 9.58. The lowest BCUT2D eigenvalue weighted by Gasteiger charge is -2.15. The van der Waals surface area contributed by atoms with Gasteiger partial charge in [0, 0.05) is 18.2 Å². The van der Waals surface area contributed by atoms with E-state index in [0.717, 1.165) is 12.5 Å². The molecule has 0 aromatic heterocycles. The Bertz CT molecular complexity index is 581. The highest BCUT2D eigenvalue weighted by molar-refractivity contribution is 5.26. The fraction of sp³-hybridized carbons (Fsp3) is 0.294. The van der Waals surface area contributed by atoms with Gasteiger partial charge >= 0.3 is 0 Å². The topological polar surface area (TPSA) is 12.0 Å². The molecule has 0 aliphatic rings. The molecule has 1 nitrogen and oxygen atoms in total. The number of hydrogen-bond acceptors (Lipinski definition) is 1. The molecule has 0 amide bonds. The molecule has 1 N–H and O–H groups in total. The summed E-state index contributed by atoms with van der Waals surface area (Å²) in [6.45, 7) is 4.45. The van der Waals surface area contributed by atoms with Crippen LogP contribution in [0.1, 0.15) is 23.6 Å². The Labute approximate surface area is 118 Å². The summed E-state index contributed by atoms with van der Waals surface area (Å²) in [6, 6.07) is 12.7. The minimum absolute atomic E-state index is 0.193. The lowest BCUT2D eigenvalue weighted by atomic mass is 10.0. The summed E-state index contributed by atoms with van der Waals surface area (Å²) in [6.07, 6.45) is 0.865. The summed E-state index contributed by atoms with van der Waals surface area (Å²) in [5.74, 6) is -1.56. The predicted octanol–water partition coefficient (Wildman–Crippen LogP) is 3.99. The lowest BCUT2D eigenvalue weighted by molar-refractivity contribution is 0.480. The van der Waals surface area contributed by atoms with Gasteiger partial charge in [-0.1, -0.05) is 36.4 Å². The smallest absolute Gasteiger partial charge is 0.163 e. The molecule has 0 fully saturated rings. The third kappa shape index (κ3) is 3.64. The molecule has 0 radical (unpaired) electrons. The quantitative estimate of drug-likeness (QED) is 0.870. The van der Waals surface area contributed by atoms with Crippen molar-refractivity contribution in [3.8, 4) is 0 Å². The van der Waals surface area contributed by atoms with E-state index in [2.05, 4.69) is 24.4 Å². The SMILES string of the molecule is Cc1ccccc1CC(C)NCc1cccc(F)c1F. The van der Waals surface area contributed by atoms with Gasteiger partial charge in [0.1, 0.15) is 0 Å². The van der Waals surface area contributed by atoms with Gasteiger partial charge < -0.3 is 5.32 Å². The molecule has 0 heterocycles. The van der Waals surface area contributed by atoms with E-state index in [1.165, 1.54) is 17.2 Å². The van der Waals surface area contributed by atoms with Crippen LogP contribution in [-0.2, 0) is 13.0 Å². The van der Waals surface area contributed by atoms with Crippen LogP contribution in [0.25, 0.3) is 0 Å². The first-order valence-electron chi connectivity index (χ1n) is 6.78. The van der Waals surface area contributed by atoms with Gasteiger partial charge in [-0.3, -0.25) is 0 Å². The Morgan fingerprint density at radius 3 is 2.45 bits per heavy atom. The van der Waals surface area contributed by atoms with Crippen LogP contribution >= 0.6 is 0 Å². The van der Waals surface area contributed by atoms with Crippen molar-refractivity contribution in [2.24, 2.45) is 0 Å². The van der Waals surface area contributed by atoms with Crippen LogP contribution in [0.4, 0.5) is 8.78 Å². The molecule has 0 saturated heterocycles. The van der Waals surface area contributed by atoms with Crippen molar-refractivity contribution in [3.05, 3.63) is 70.8 Å². The Morgan fingerprint density at radius 1 is 1.00 bits per heavy atom. The third-order valence-electron chi connectivity index (χ3n) is 3.46. The van der Waals surface area contributed by atoms with E-state index in [4.69, 9.17) is 0 Å². The highest BCUT2D eigenvalue weighted by atomic mass is 19.2. The van der Waals surface area contributed by atoms with Crippen molar-refractivity contribution in [1.82, 2.24) is 5.32 Å². The molecule has 2 aromatic rings. The van der Waals surface area contributed by atoms with E-state index in [-0.39, 0.29) is 6.04 Å². The summed E-state index contributed by atoms with van der Waals surface area (Å²) in [5, 5.41) is 3.24. The van der Waals surface area contributed by atoms with E-state index >= 15 is 0 Å². The molecule has 0 bridgehead atoms. The van der Waals surface area contributed by atoms with Crippen LogP contribution < -0.4 is 5.32 Å². The second-order valence-corrected chi connectivity index (χ2v) is 5.13. The first-order valence-corrected chi connectivity index (χ1v) is 6.78. The van der Waals surface area contributed by atoms with Crippen LogP contribution in [0.2, 0.25) is 0 Å². The Kier molecular flexibility index (Phi) is 4.85. The zero-order valence-corrected chi connectivity index (χ0v) is 11.8. The number of hydrogen-bond donors (Lipinski definition) is 1. The number of nitrogens with one attached hydrogen (secondary N) is 1. The van der Waals surface area contributed by atoms with Crippen molar-refractivity contribution in [1.29, 1.82) is 0 Å². The highest BCUT2D eigenvalue weighted by Gasteiger charge is 2.09. The molecule has 2 aromatic carbocycles. The van der Waals surface area contributed by atoms with E-state index < -0.39 is 11.6 Å². The van der Waals surface area contributed by atoms with Gasteiger partial charge in [0.2, 0.25) is 0 Å². The summed E-state index contributed by atoms with van der Waals surface area (Å²) in [4.78, 5) is 0. The fourth-order valence-corrected chi connectivity index (χ4v) is 2.21. The monoisotopic (exact) mass is 275 g/mol. The van der Waals surface area contributed by atoms with Crippen LogP contribution in [0.3, 0.4) is 0 Å². The second-order valence-electron chi connectivity index (χ2n) is 5.13. The molecule has 0 aliphatic heterocycles. The Balaban J connectivity index is 1.94. The third-order valence-corrected chi connectivity index (χ3v) is 3.46. The fourth-order valence-electron chi connectivity index (χ4n) is 2.21. The largest absolute Gasteiger partial charge is 0.310 e. The molecule has 1 unspecified atom stereocenters. The number of rotatable bonds is 5. The van der Waals surface area contributed by atoms with Gasteiger partial charge in [-0.2, -0.15) is 0 Å². The standard InChI is InChI=1S/C17H19F2N/c1-12-6-3-4-7-14(12)10-13(2)20-11-15-8-5-9-16(18)17(15)19/h3-9,13,20H,10-11H2,1-2H3. The van der Waals surface area contributed by atoms with Gasteiger partial charge in [0.25, 0.3) is 0 Å². The molecule has 3 heteroatoms. The molecular formula is C17H19F2N. The zero-order valence-electron chi connectivity index (χ0n) is 11.8. The van der Waals surface area contributed by atoms with E-state index in [9.17, 15) is 8.78 Å². The van der Waals surface area contributed by atoms with Crippen molar-refractivity contribution in [3.63, 3.8) is 0 Å². The molecule has 20 heavy (non-hydrogen) atoms. The van der Waals surface area contributed by atoms with E-state index in [1.54, 1.807) is 6.07 Å². The molecule has 0 spiro atoms. The van der Waals surface area contributed by atoms with Gasteiger partial charge in [-0.25, -0.2) is 8.78 Å². The minimum atomic E-state index is -0.796. The molecule has 2 rings (SSSR count). The molecule has 0 saturated carbocycles. The van der Waals surface area contributed by atoms with Crippen molar-refractivity contribution >= 4 is 0 Å². The molecule has 106 valence electrons. The van der Waals surface area contributed by atoms with Crippen molar-refractivity contribution in [2.75, 3.05) is 0 Å².